The third-order valence-corrected chi connectivity index (χ3v) is 5.11. The first-order chi connectivity index (χ1) is 14.3. The Morgan fingerprint density at radius 3 is 2.30 bits per heavy atom. The van der Waals surface area contributed by atoms with Gasteiger partial charge in [-0.15, -0.1) is 0 Å². The quantitative estimate of drug-likeness (QED) is 0.493. The van der Waals surface area contributed by atoms with Crippen LogP contribution in [0.5, 0.6) is 0 Å². The smallest absolute Gasteiger partial charge is 0.320 e. The zero-order chi connectivity index (χ0) is 21.7. The molecular formula is C24H26N2O4. The number of carboxylic acids is 2. The average Bonchev–Trinajstić information content (AvgIpc) is 2.72. The Morgan fingerprint density at radius 1 is 0.967 bits per heavy atom. The van der Waals surface area contributed by atoms with Crippen LogP contribution in [-0.4, -0.2) is 39.7 Å². The van der Waals surface area contributed by atoms with Gasteiger partial charge in [-0.2, -0.15) is 0 Å². The number of hydrogen-bond donors (Lipinski definition) is 3. The van der Waals surface area contributed by atoms with E-state index in [4.69, 9.17) is 0 Å². The van der Waals surface area contributed by atoms with Gasteiger partial charge < -0.3 is 15.5 Å². The van der Waals surface area contributed by atoms with Crippen molar-refractivity contribution in [3.05, 3.63) is 66.4 Å². The summed E-state index contributed by atoms with van der Waals surface area (Å²) in [7, 11) is 0. The molecule has 1 heterocycles. The number of nitrogens with one attached hydrogen (secondary N) is 1. The lowest BCUT2D eigenvalue weighted by atomic mass is 9.95. The molecule has 0 bridgehead atoms. The van der Waals surface area contributed by atoms with Crippen LogP contribution >= 0.6 is 0 Å². The molecule has 0 aliphatic carbocycles. The zero-order valence-electron chi connectivity index (χ0n) is 17.1. The second-order valence-corrected chi connectivity index (χ2v) is 7.86. The van der Waals surface area contributed by atoms with Gasteiger partial charge in [0.1, 0.15) is 6.04 Å². The Bertz CT molecular complexity index is 1030. The Balaban J connectivity index is 1.77. The maximum atomic E-state index is 11.8. The number of para-hydroxylation sites is 1. The molecule has 2 aromatic carbocycles. The van der Waals surface area contributed by atoms with Crippen LogP contribution in [0.4, 0.5) is 0 Å². The predicted octanol–water partition coefficient (Wildman–Crippen LogP) is 4.16. The van der Waals surface area contributed by atoms with Crippen molar-refractivity contribution in [2.45, 2.75) is 32.2 Å². The number of aliphatic carboxylic acids is 2. The van der Waals surface area contributed by atoms with E-state index in [-0.39, 0.29) is 12.5 Å². The predicted molar refractivity (Wildman–Crippen MR) is 116 cm³/mol. The zero-order valence-corrected chi connectivity index (χ0v) is 17.1. The van der Waals surface area contributed by atoms with Gasteiger partial charge in [-0.1, -0.05) is 56.3 Å². The van der Waals surface area contributed by atoms with Gasteiger partial charge >= 0.3 is 11.9 Å². The minimum absolute atomic E-state index is 0.0515. The molecular weight excluding hydrogens is 380 g/mol. The molecule has 30 heavy (non-hydrogen) atoms. The molecule has 0 fully saturated rings. The van der Waals surface area contributed by atoms with Gasteiger partial charge in [0, 0.05) is 23.7 Å². The van der Waals surface area contributed by atoms with Crippen molar-refractivity contribution < 1.29 is 19.8 Å². The molecule has 6 nitrogen and oxygen atoms in total. The second kappa shape index (κ2) is 9.50. The molecule has 0 saturated carbocycles. The highest BCUT2D eigenvalue weighted by molar-refractivity contribution is 5.83. The van der Waals surface area contributed by atoms with Crippen molar-refractivity contribution in [1.82, 2.24) is 10.3 Å². The minimum Gasteiger partial charge on any atom is -0.481 e. The highest BCUT2D eigenvalue weighted by atomic mass is 16.4. The number of nitrogens with zero attached hydrogens (tertiary/aromatic N) is 1. The van der Waals surface area contributed by atoms with Crippen molar-refractivity contribution in [2.24, 2.45) is 5.92 Å². The van der Waals surface area contributed by atoms with E-state index in [9.17, 15) is 19.8 Å². The summed E-state index contributed by atoms with van der Waals surface area (Å²) in [5.41, 5.74) is 3.44. The van der Waals surface area contributed by atoms with Crippen molar-refractivity contribution in [3.63, 3.8) is 0 Å². The molecule has 3 aromatic rings. The molecule has 0 spiro atoms. The van der Waals surface area contributed by atoms with Crippen LogP contribution in [0.15, 0.2) is 60.8 Å². The minimum atomic E-state index is -0.990. The SMILES string of the molecule is CC(C)CC(NCC(C(=O)O)c1ccc(-c2cnc3ccccc3c2)cc1)C(=O)O. The van der Waals surface area contributed by atoms with Crippen LogP contribution in [0.2, 0.25) is 0 Å². The maximum absolute atomic E-state index is 11.8. The average molecular weight is 406 g/mol. The number of aromatic nitrogens is 1. The molecule has 3 N–H and O–H groups in total. The lowest BCUT2D eigenvalue weighted by Gasteiger charge is -2.20. The van der Waals surface area contributed by atoms with Gasteiger partial charge in [-0.25, -0.2) is 0 Å². The van der Waals surface area contributed by atoms with E-state index >= 15 is 0 Å². The summed E-state index contributed by atoms with van der Waals surface area (Å²) in [4.78, 5) is 27.7. The largest absolute Gasteiger partial charge is 0.481 e. The van der Waals surface area contributed by atoms with E-state index in [0.717, 1.165) is 22.0 Å². The summed E-state index contributed by atoms with van der Waals surface area (Å²) in [6, 6.07) is 16.5. The molecule has 0 aliphatic heterocycles. The van der Waals surface area contributed by atoms with Gasteiger partial charge in [-0.3, -0.25) is 14.6 Å². The normalized spacial score (nSPS) is 13.3. The van der Waals surface area contributed by atoms with E-state index in [1.54, 1.807) is 18.3 Å². The first kappa shape index (κ1) is 21.5. The van der Waals surface area contributed by atoms with Crippen LogP contribution in [0.1, 0.15) is 31.7 Å². The van der Waals surface area contributed by atoms with Crippen molar-refractivity contribution in [2.75, 3.05) is 6.54 Å². The number of carbonyl (C=O) groups is 2. The van der Waals surface area contributed by atoms with Gasteiger partial charge in [-0.05, 0) is 35.6 Å². The molecule has 3 rings (SSSR count). The number of benzene rings is 2. The highest BCUT2D eigenvalue weighted by Gasteiger charge is 2.24. The Labute approximate surface area is 175 Å². The lowest BCUT2D eigenvalue weighted by Crippen LogP contribution is -2.41. The molecule has 2 unspecified atom stereocenters. The fourth-order valence-electron chi connectivity index (χ4n) is 3.49. The summed E-state index contributed by atoms with van der Waals surface area (Å²) in [6.45, 7) is 3.93. The maximum Gasteiger partial charge on any atom is 0.320 e. The lowest BCUT2D eigenvalue weighted by molar-refractivity contribution is -0.142. The number of pyridine rings is 1. The summed E-state index contributed by atoms with van der Waals surface area (Å²) in [6.07, 6.45) is 2.24. The number of hydrogen-bond acceptors (Lipinski definition) is 4. The molecule has 1 aromatic heterocycles. The molecule has 0 aliphatic rings. The van der Waals surface area contributed by atoms with Crippen LogP contribution in [-0.2, 0) is 9.59 Å². The monoisotopic (exact) mass is 406 g/mol. The molecule has 156 valence electrons. The van der Waals surface area contributed by atoms with E-state index in [0.29, 0.717) is 12.0 Å². The second-order valence-electron chi connectivity index (χ2n) is 7.86. The summed E-state index contributed by atoms with van der Waals surface area (Å²) >= 11 is 0. The van der Waals surface area contributed by atoms with Crippen LogP contribution < -0.4 is 5.32 Å². The summed E-state index contributed by atoms with van der Waals surface area (Å²) < 4.78 is 0. The fourth-order valence-corrected chi connectivity index (χ4v) is 3.49. The van der Waals surface area contributed by atoms with Gasteiger partial charge in [0.15, 0.2) is 0 Å². The van der Waals surface area contributed by atoms with E-state index in [1.807, 2.05) is 50.2 Å². The summed E-state index contributed by atoms with van der Waals surface area (Å²) in [5, 5.41) is 23.0. The third-order valence-electron chi connectivity index (χ3n) is 5.11. The first-order valence-electron chi connectivity index (χ1n) is 9.99. The van der Waals surface area contributed by atoms with Crippen molar-refractivity contribution in [1.29, 1.82) is 0 Å². The number of carboxylic acid groups (broad SMARTS) is 2. The van der Waals surface area contributed by atoms with Crippen LogP contribution in [0.3, 0.4) is 0 Å². The van der Waals surface area contributed by atoms with Gasteiger partial charge in [0.25, 0.3) is 0 Å². The van der Waals surface area contributed by atoms with E-state index in [1.165, 1.54) is 0 Å². The van der Waals surface area contributed by atoms with Gasteiger partial charge in [0.2, 0.25) is 0 Å². The molecule has 6 heteroatoms. The molecule has 0 radical (unpaired) electrons. The first-order valence-corrected chi connectivity index (χ1v) is 9.99. The Hall–Kier alpha value is -3.25. The van der Waals surface area contributed by atoms with Crippen molar-refractivity contribution in [3.8, 4) is 11.1 Å². The molecule has 2 atom stereocenters. The topological polar surface area (TPSA) is 99.5 Å². The van der Waals surface area contributed by atoms with Crippen molar-refractivity contribution >= 4 is 22.8 Å². The molecule has 0 amide bonds. The fraction of sp³-hybridized carbons (Fsp3) is 0.292. The highest BCUT2D eigenvalue weighted by Crippen LogP contribution is 2.25. The summed E-state index contributed by atoms with van der Waals surface area (Å²) in [5.74, 6) is -2.59. The number of fused-ring (bicyclic) bond motifs is 1. The van der Waals surface area contributed by atoms with E-state index < -0.39 is 23.9 Å². The Morgan fingerprint density at radius 2 is 1.67 bits per heavy atom. The third kappa shape index (κ3) is 5.21. The van der Waals surface area contributed by atoms with Gasteiger partial charge in [0.05, 0.1) is 11.4 Å². The Kier molecular flexibility index (Phi) is 6.79. The van der Waals surface area contributed by atoms with Crippen LogP contribution in [0, 0.1) is 5.92 Å². The van der Waals surface area contributed by atoms with E-state index in [2.05, 4.69) is 16.4 Å². The number of rotatable bonds is 9. The molecule has 0 saturated heterocycles. The standard InChI is InChI=1S/C24H26N2O4/c1-15(2)11-22(24(29)30)26-14-20(23(27)28)17-9-7-16(8-10-17)19-12-18-5-3-4-6-21(18)25-13-19/h3-10,12-13,15,20,22,26H,11,14H2,1-2H3,(H,27,28)(H,29,30). The van der Waals surface area contributed by atoms with Crippen LogP contribution in [0.25, 0.3) is 22.0 Å².